The van der Waals surface area contributed by atoms with E-state index in [1.165, 1.54) is 0 Å². The Morgan fingerprint density at radius 1 is 1.28 bits per heavy atom. The van der Waals surface area contributed by atoms with Gasteiger partial charge >= 0.3 is 9.70 Å². The van der Waals surface area contributed by atoms with Crippen molar-refractivity contribution in [3.8, 4) is 0 Å². The van der Waals surface area contributed by atoms with Crippen LogP contribution in [0.1, 0.15) is 20.3 Å². The first kappa shape index (κ1) is 20.8. The molecule has 7 heteroatoms. The summed E-state index contributed by atoms with van der Waals surface area (Å²) < 4.78 is -1.86. The highest BCUT2D eigenvalue weighted by molar-refractivity contribution is 6.75. The first-order valence-corrected chi connectivity index (χ1v) is 6.55. The Morgan fingerprint density at radius 2 is 1.78 bits per heavy atom. The molecular formula is C11H20Cl4N2O. The number of allylic oxidation sites excluding steroid dienone is 1. The quantitative estimate of drug-likeness (QED) is 0.627. The van der Waals surface area contributed by atoms with Crippen molar-refractivity contribution in [3.05, 3.63) is 11.8 Å². The van der Waals surface area contributed by atoms with Crippen LogP contribution in [0.3, 0.4) is 0 Å². The van der Waals surface area contributed by atoms with E-state index in [1.54, 1.807) is 6.20 Å². The van der Waals surface area contributed by atoms with Crippen molar-refractivity contribution >= 4 is 40.7 Å². The van der Waals surface area contributed by atoms with Gasteiger partial charge in [-0.05, 0) is 33.5 Å². The van der Waals surface area contributed by atoms with Crippen LogP contribution in [0.15, 0.2) is 11.8 Å². The van der Waals surface area contributed by atoms with Crippen molar-refractivity contribution in [2.45, 2.75) is 24.1 Å². The fraction of sp³-hybridized carbons (Fsp3) is 0.727. The van der Waals surface area contributed by atoms with Crippen molar-refractivity contribution in [2.75, 3.05) is 27.2 Å². The molecule has 0 saturated heterocycles. The van der Waals surface area contributed by atoms with E-state index in [0.29, 0.717) is 11.4 Å². The Morgan fingerprint density at radius 3 is 2.11 bits per heavy atom. The third-order valence-electron chi connectivity index (χ3n) is 2.06. The second-order valence-corrected chi connectivity index (χ2v) is 6.76. The molecule has 0 heterocycles. The van der Waals surface area contributed by atoms with Gasteiger partial charge in [-0.2, -0.15) is 0 Å². The predicted molar refractivity (Wildman–Crippen MR) is 73.7 cm³/mol. The second kappa shape index (κ2) is 9.40. The van der Waals surface area contributed by atoms with E-state index in [2.05, 4.69) is 4.90 Å². The Labute approximate surface area is 130 Å². The summed E-state index contributed by atoms with van der Waals surface area (Å²) in [5, 5.41) is 0. The topological polar surface area (TPSA) is 24.8 Å². The molecule has 0 aliphatic carbocycles. The molecule has 0 fully saturated rings. The van der Waals surface area contributed by atoms with Crippen molar-refractivity contribution in [3.63, 3.8) is 0 Å². The third-order valence-corrected chi connectivity index (χ3v) is 2.58. The third kappa shape index (κ3) is 9.42. The normalized spacial score (nSPS) is 12.9. The van der Waals surface area contributed by atoms with Crippen LogP contribution in [0.5, 0.6) is 0 Å². The fourth-order valence-corrected chi connectivity index (χ4v) is 1.73. The van der Waals surface area contributed by atoms with Gasteiger partial charge in [-0.1, -0.05) is 34.8 Å². The van der Waals surface area contributed by atoms with Gasteiger partial charge < -0.3 is 17.3 Å². The van der Waals surface area contributed by atoms with E-state index < -0.39 is 9.70 Å². The summed E-state index contributed by atoms with van der Waals surface area (Å²) in [5.74, 6) is -0.428. The Bertz CT molecular complexity index is 283. The van der Waals surface area contributed by atoms with E-state index in [-0.39, 0.29) is 12.4 Å². The van der Waals surface area contributed by atoms with E-state index in [0.717, 1.165) is 18.5 Å². The first-order valence-electron chi connectivity index (χ1n) is 5.41. The highest BCUT2D eigenvalue weighted by Crippen LogP contribution is 2.24. The molecule has 0 aromatic rings. The Kier molecular flexibility index (Phi) is 10.9. The van der Waals surface area contributed by atoms with Gasteiger partial charge in [-0.3, -0.25) is 0 Å². The highest BCUT2D eigenvalue weighted by Gasteiger charge is 2.39. The maximum atomic E-state index is 11.9. The summed E-state index contributed by atoms with van der Waals surface area (Å²) in [6, 6.07) is 0. The molecule has 0 aliphatic heterocycles. The molecular weight excluding hydrogens is 318 g/mol. The van der Waals surface area contributed by atoms with Gasteiger partial charge in [0.25, 0.3) is 0 Å². The van der Waals surface area contributed by atoms with E-state index >= 15 is 0 Å². The minimum Gasteiger partial charge on any atom is -1.00 e. The minimum atomic E-state index is -1.86. The standard InChI is InChI=1S/C11H19Cl3N2O.ClH/c1-9(2)8-16(7-5-6-15(3)4)10(17)11(12,13)14;/h8H,5-7H2,1-4H3;1H. The molecule has 108 valence electrons. The lowest BCUT2D eigenvalue weighted by atomic mass is 10.3. The number of alkyl halides is 3. The summed E-state index contributed by atoms with van der Waals surface area (Å²) in [5.41, 5.74) is 1.02. The SMILES string of the molecule is CC(C)=C[NH+](CCCN(C)C)C(=O)C(Cl)(Cl)Cl.[Cl-]. The van der Waals surface area contributed by atoms with Gasteiger partial charge in [-0.25, -0.2) is 9.69 Å². The molecule has 0 aliphatic rings. The average Bonchev–Trinajstić information content (AvgIpc) is 2.12. The molecule has 0 spiro atoms. The van der Waals surface area contributed by atoms with Gasteiger partial charge in [0.15, 0.2) is 0 Å². The predicted octanol–water partition coefficient (Wildman–Crippen LogP) is -1.35. The smallest absolute Gasteiger partial charge is 0.368 e. The number of nitrogens with zero attached hydrogens (tertiary/aromatic N) is 1. The summed E-state index contributed by atoms with van der Waals surface area (Å²) >= 11 is 16.9. The number of quaternary nitrogens is 1. The number of nitrogens with one attached hydrogen (secondary N) is 1. The Balaban J connectivity index is 0. The average molecular weight is 338 g/mol. The molecule has 0 rings (SSSR count). The number of carbonyl (C=O) groups excluding carboxylic acids is 1. The summed E-state index contributed by atoms with van der Waals surface area (Å²) in [6.07, 6.45) is 2.65. The number of amides is 1. The van der Waals surface area contributed by atoms with Crippen LogP contribution in [0.2, 0.25) is 0 Å². The maximum Gasteiger partial charge on any atom is 0.368 e. The van der Waals surface area contributed by atoms with E-state index in [9.17, 15) is 4.79 Å². The summed E-state index contributed by atoms with van der Waals surface area (Å²) in [4.78, 5) is 14.5. The molecule has 0 saturated carbocycles. The van der Waals surface area contributed by atoms with E-state index in [1.807, 2.05) is 27.9 Å². The number of rotatable bonds is 5. The van der Waals surface area contributed by atoms with Crippen LogP contribution in [0, 0.1) is 0 Å². The lowest BCUT2D eigenvalue weighted by Crippen LogP contribution is -3.12. The largest absolute Gasteiger partial charge is 1.00 e. The zero-order valence-corrected chi connectivity index (χ0v) is 14.1. The maximum absolute atomic E-state index is 11.9. The summed E-state index contributed by atoms with van der Waals surface area (Å²) in [7, 11) is 3.97. The van der Waals surface area contributed by atoms with Gasteiger partial charge in [0.05, 0.1) is 6.54 Å². The van der Waals surface area contributed by atoms with E-state index in [4.69, 9.17) is 34.8 Å². The number of halogens is 4. The van der Waals surface area contributed by atoms with Gasteiger partial charge in [-0.15, -0.1) is 0 Å². The van der Waals surface area contributed by atoms with Gasteiger partial charge in [0, 0.05) is 13.0 Å². The van der Waals surface area contributed by atoms with Crippen LogP contribution in [-0.2, 0) is 4.79 Å². The zero-order chi connectivity index (χ0) is 13.6. The molecule has 1 N–H and O–H groups in total. The monoisotopic (exact) mass is 336 g/mol. The number of carbonyl (C=O) groups is 1. The van der Waals surface area contributed by atoms with Crippen LogP contribution in [-0.4, -0.2) is 41.8 Å². The molecule has 1 unspecified atom stereocenters. The molecule has 0 bridgehead atoms. The van der Waals surface area contributed by atoms with Crippen LogP contribution in [0.4, 0.5) is 0 Å². The molecule has 1 amide bonds. The molecule has 0 radical (unpaired) electrons. The molecule has 1 atom stereocenters. The molecule has 18 heavy (non-hydrogen) atoms. The second-order valence-electron chi connectivity index (χ2n) is 4.48. The van der Waals surface area contributed by atoms with Crippen LogP contribution >= 0.6 is 34.8 Å². The number of hydrogen-bond donors (Lipinski definition) is 1. The van der Waals surface area contributed by atoms with Crippen molar-refractivity contribution in [1.29, 1.82) is 0 Å². The zero-order valence-electron chi connectivity index (χ0n) is 11.1. The number of hydrogen-bond acceptors (Lipinski definition) is 2. The lowest BCUT2D eigenvalue weighted by Gasteiger charge is -2.18. The van der Waals surface area contributed by atoms with Gasteiger partial charge in [0.1, 0.15) is 6.20 Å². The van der Waals surface area contributed by atoms with Gasteiger partial charge in [0.2, 0.25) is 0 Å². The molecule has 0 aromatic heterocycles. The van der Waals surface area contributed by atoms with Crippen molar-refractivity contribution in [2.24, 2.45) is 0 Å². The van der Waals surface area contributed by atoms with Crippen LogP contribution < -0.4 is 17.3 Å². The fourth-order valence-electron chi connectivity index (χ4n) is 1.37. The summed E-state index contributed by atoms with van der Waals surface area (Å²) in [6.45, 7) is 5.35. The van der Waals surface area contributed by atoms with Crippen molar-refractivity contribution in [1.82, 2.24) is 4.90 Å². The first-order chi connectivity index (χ1) is 7.64. The van der Waals surface area contributed by atoms with Crippen molar-refractivity contribution < 1.29 is 22.1 Å². The lowest BCUT2D eigenvalue weighted by molar-refractivity contribution is -0.764. The molecule has 3 nitrogen and oxygen atoms in total. The molecule has 0 aromatic carbocycles. The Hall–Kier alpha value is 0.490. The minimum absolute atomic E-state index is 0. The van der Waals surface area contributed by atoms with Crippen LogP contribution in [0.25, 0.3) is 0 Å². The highest BCUT2D eigenvalue weighted by atomic mass is 35.6.